The van der Waals surface area contributed by atoms with Gasteiger partial charge in [0.2, 0.25) is 0 Å². The molecule has 4 nitrogen and oxygen atoms in total. The summed E-state index contributed by atoms with van der Waals surface area (Å²) in [7, 11) is 2.25. The molecule has 1 saturated carbocycles. The highest BCUT2D eigenvalue weighted by molar-refractivity contribution is 4.95. The number of nitrogens with two attached hydrogens (primary N) is 1. The summed E-state index contributed by atoms with van der Waals surface area (Å²) in [5.74, 6) is 0.796. The van der Waals surface area contributed by atoms with E-state index in [0.717, 1.165) is 38.7 Å². The molecule has 1 heterocycles. The standard InChI is InChI=1S/C17H35N3O/c1-14(2)20-8-9-21-16(12-20)11-19(4)17(13-18)7-5-6-15(3)10-17/h14-16H,5-13,18H2,1-4H3. The van der Waals surface area contributed by atoms with Crippen LogP contribution in [0.3, 0.4) is 0 Å². The van der Waals surface area contributed by atoms with Crippen molar-refractivity contribution in [2.45, 2.75) is 64.1 Å². The molecule has 0 bridgehead atoms. The second kappa shape index (κ2) is 7.40. The zero-order valence-electron chi connectivity index (χ0n) is 14.5. The fraction of sp³-hybridized carbons (Fsp3) is 1.00. The van der Waals surface area contributed by atoms with Gasteiger partial charge >= 0.3 is 0 Å². The summed E-state index contributed by atoms with van der Waals surface area (Å²) >= 11 is 0. The summed E-state index contributed by atoms with van der Waals surface area (Å²) in [5.41, 5.74) is 6.38. The van der Waals surface area contributed by atoms with E-state index in [1.165, 1.54) is 25.7 Å². The maximum absolute atomic E-state index is 6.19. The van der Waals surface area contributed by atoms with Crippen molar-refractivity contribution in [3.63, 3.8) is 0 Å². The molecule has 0 aromatic rings. The van der Waals surface area contributed by atoms with Crippen LogP contribution in [0.4, 0.5) is 0 Å². The molecule has 0 amide bonds. The Bertz CT molecular complexity index is 323. The highest BCUT2D eigenvalue weighted by Gasteiger charge is 2.38. The smallest absolute Gasteiger partial charge is 0.0829 e. The summed E-state index contributed by atoms with van der Waals surface area (Å²) in [5, 5.41) is 0. The first-order chi connectivity index (χ1) is 9.97. The van der Waals surface area contributed by atoms with E-state index < -0.39 is 0 Å². The van der Waals surface area contributed by atoms with Crippen LogP contribution in [0.1, 0.15) is 46.5 Å². The van der Waals surface area contributed by atoms with Crippen molar-refractivity contribution in [2.75, 3.05) is 39.8 Å². The SMILES string of the molecule is CC1CCCC(CN)(N(C)CC2CN(C(C)C)CCO2)C1. The van der Waals surface area contributed by atoms with E-state index in [9.17, 15) is 0 Å². The van der Waals surface area contributed by atoms with Crippen LogP contribution in [0.2, 0.25) is 0 Å². The summed E-state index contributed by atoms with van der Waals surface area (Å²) in [6.07, 6.45) is 5.47. The molecule has 2 aliphatic rings. The van der Waals surface area contributed by atoms with Crippen LogP contribution in [0.15, 0.2) is 0 Å². The number of nitrogens with zero attached hydrogens (tertiary/aromatic N) is 2. The molecular weight excluding hydrogens is 262 g/mol. The van der Waals surface area contributed by atoms with E-state index in [-0.39, 0.29) is 5.54 Å². The molecule has 2 fully saturated rings. The molecular formula is C17H35N3O. The van der Waals surface area contributed by atoms with Gasteiger partial charge in [-0.1, -0.05) is 19.8 Å². The quantitative estimate of drug-likeness (QED) is 0.842. The highest BCUT2D eigenvalue weighted by atomic mass is 16.5. The van der Waals surface area contributed by atoms with Crippen LogP contribution in [0, 0.1) is 5.92 Å². The van der Waals surface area contributed by atoms with Gasteiger partial charge in [0.05, 0.1) is 12.7 Å². The van der Waals surface area contributed by atoms with Crippen molar-refractivity contribution >= 4 is 0 Å². The van der Waals surface area contributed by atoms with Gasteiger partial charge in [-0.2, -0.15) is 0 Å². The van der Waals surface area contributed by atoms with Gasteiger partial charge in [0.15, 0.2) is 0 Å². The second-order valence-electron chi connectivity index (χ2n) is 7.59. The largest absolute Gasteiger partial charge is 0.374 e. The first kappa shape index (κ1) is 17.2. The lowest BCUT2D eigenvalue weighted by Gasteiger charge is -2.48. The molecule has 0 aromatic heterocycles. The predicted molar refractivity (Wildman–Crippen MR) is 88.5 cm³/mol. The molecule has 2 N–H and O–H groups in total. The number of morpholine rings is 1. The lowest BCUT2D eigenvalue weighted by atomic mass is 9.75. The third kappa shape index (κ3) is 4.19. The fourth-order valence-corrected chi connectivity index (χ4v) is 4.14. The normalized spacial score (nSPS) is 35.6. The van der Waals surface area contributed by atoms with Crippen LogP contribution in [0.25, 0.3) is 0 Å². The molecule has 0 aromatic carbocycles. The van der Waals surface area contributed by atoms with E-state index in [4.69, 9.17) is 10.5 Å². The zero-order chi connectivity index (χ0) is 15.5. The van der Waals surface area contributed by atoms with E-state index >= 15 is 0 Å². The number of ether oxygens (including phenoxy) is 1. The van der Waals surface area contributed by atoms with Crippen LogP contribution >= 0.6 is 0 Å². The van der Waals surface area contributed by atoms with E-state index in [1.54, 1.807) is 0 Å². The van der Waals surface area contributed by atoms with Crippen molar-refractivity contribution in [1.29, 1.82) is 0 Å². The summed E-state index contributed by atoms with van der Waals surface area (Å²) in [6, 6.07) is 0.611. The Morgan fingerprint density at radius 2 is 2.19 bits per heavy atom. The predicted octanol–water partition coefficient (Wildman–Crippen LogP) is 1.94. The fourth-order valence-electron chi connectivity index (χ4n) is 4.14. The molecule has 4 heteroatoms. The van der Waals surface area contributed by atoms with Gasteiger partial charge < -0.3 is 10.5 Å². The van der Waals surface area contributed by atoms with Crippen molar-refractivity contribution in [1.82, 2.24) is 9.80 Å². The number of likely N-dealkylation sites (N-methyl/N-ethyl adjacent to an activating group) is 1. The van der Waals surface area contributed by atoms with E-state index in [1.807, 2.05) is 0 Å². The third-order valence-corrected chi connectivity index (χ3v) is 5.64. The van der Waals surface area contributed by atoms with Gasteiger partial charge in [0.25, 0.3) is 0 Å². The summed E-state index contributed by atoms with van der Waals surface area (Å²) < 4.78 is 6.01. The molecule has 1 aliphatic carbocycles. The Balaban J connectivity index is 1.94. The molecule has 21 heavy (non-hydrogen) atoms. The first-order valence-corrected chi connectivity index (χ1v) is 8.74. The van der Waals surface area contributed by atoms with Gasteiger partial charge in [-0.25, -0.2) is 0 Å². The van der Waals surface area contributed by atoms with Crippen molar-refractivity contribution in [2.24, 2.45) is 11.7 Å². The van der Waals surface area contributed by atoms with Gasteiger partial charge in [0, 0.05) is 37.8 Å². The van der Waals surface area contributed by atoms with Gasteiger partial charge in [-0.3, -0.25) is 9.80 Å². The number of hydrogen-bond donors (Lipinski definition) is 1. The Kier molecular flexibility index (Phi) is 6.06. The average Bonchev–Trinajstić information content (AvgIpc) is 2.47. The number of rotatable bonds is 5. The minimum atomic E-state index is 0.196. The second-order valence-corrected chi connectivity index (χ2v) is 7.59. The summed E-state index contributed by atoms with van der Waals surface area (Å²) in [6.45, 7) is 11.7. The maximum Gasteiger partial charge on any atom is 0.0829 e. The van der Waals surface area contributed by atoms with Crippen LogP contribution in [0.5, 0.6) is 0 Å². The zero-order valence-corrected chi connectivity index (χ0v) is 14.5. The molecule has 3 atom stereocenters. The topological polar surface area (TPSA) is 41.7 Å². The Morgan fingerprint density at radius 1 is 1.43 bits per heavy atom. The molecule has 0 radical (unpaired) electrons. The third-order valence-electron chi connectivity index (χ3n) is 5.64. The minimum absolute atomic E-state index is 0.196. The first-order valence-electron chi connectivity index (χ1n) is 8.74. The van der Waals surface area contributed by atoms with Crippen LogP contribution in [-0.2, 0) is 4.74 Å². The average molecular weight is 297 g/mol. The van der Waals surface area contributed by atoms with Crippen molar-refractivity contribution in [3.8, 4) is 0 Å². The molecule has 2 rings (SSSR count). The van der Waals surface area contributed by atoms with Gasteiger partial charge in [-0.05, 0) is 39.7 Å². The molecule has 1 saturated heterocycles. The minimum Gasteiger partial charge on any atom is -0.374 e. The van der Waals surface area contributed by atoms with Crippen molar-refractivity contribution < 1.29 is 4.74 Å². The van der Waals surface area contributed by atoms with Crippen molar-refractivity contribution in [3.05, 3.63) is 0 Å². The Hall–Kier alpha value is -0.160. The molecule has 0 spiro atoms. The monoisotopic (exact) mass is 297 g/mol. The van der Waals surface area contributed by atoms with Gasteiger partial charge in [0.1, 0.15) is 0 Å². The van der Waals surface area contributed by atoms with Crippen LogP contribution < -0.4 is 5.73 Å². The molecule has 3 unspecified atom stereocenters. The highest BCUT2D eigenvalue weighted by Crippen LogP contribution is 2.35. The molecule has 124 valence electrons. The van der Waals surface area contributed by atoms with E-state index in [2.05, 4.69) is 37.6 Å². The number of hydrogen-bond acceptors (Lipinski definition) is 4. The lowest BCUT2D eigenvalue weighted by molar-refractivity contribution is -0.0675. The Labute approximate surface area is 131 Å². The Morgan fingerprint density at radius 3 is 2.81 bits per heavy atom. The van der Waals surface area contributed by atoms with E-state index in [0.29, 0.717) is 12.1 Å². The maximum atomic E-state index is 6.19. The summed E-state index contributed by atoms with van der Waals surface area (Å²) in [4.78, 5) is 5.04. The molecule has 1 aliphatic heterocycles. The van der Waals surface area contributed by atoms with Crippen LogP contribution in [-0.4, -0.2) is 67.3 Å². The van der Waals surface area contributed by atoms with Gasteiger partial charge in [-0.15, -0.1) is 0 Å². The lowest BCUT2D eigenvalue weighted by Crippen LogP contribution is -2.58.